The fourth-order valence-electron chi connectivity index (χ4n) is 3.64. The molecule has 0 unspecified atom stereocenters. The van der Waals surface area contributed by atoms with Gasteiger partial charge in [-0.25, -0.2) is 4.39 Å². The van der Waals surface area contributed by atoms with Crippen molar-refractivity contribution in [3.8, 4) is 0 Å². The number of hydrogen-bond acceptors (Lipinski definition) is 4. The van der Waals surface area contributed by atoms with Crippen molar-refractivity contribution in [3.05, 3.63) is 30.1 Å². The predicted octanol–water partition coefficient (Wildman–Crippen LogP) is 1.77. The van der Waals surface area contributed by atoms with Crippen molar-refractivity contribution in [2.45, 2.75) is 31.7 Å². The molecule has 7 heteroatoms. The number of halogens is 1. The first kappa shape index (κ1) is 18.8. The lowest BCUT2D eigenvalue weighted by Crippen LogP contribution is -2.46. The molecule has 142 valence electrons. The number of ether oxygens (including phenoxy) is 1. The second-order valence-electron chi connectivity index (χ2n) is 7.00. The Morgan fingerprint density at radius 1 is 1.12 bits per heavy atom. The van der Waals surface area contributed by atoms with E-state index in [4.69, 9.17) is 4.74 Å². The van der Waals surface area contributed by atoms with Gasteiger partial charge in [0.15, 0.2) is 0 Å². The average Bonchev–Trinajstić information content (AvgIpc) is 2.67. The smallest absolute Gasteiger partial charge is 0.313 e. The molecule has 0 aromatic heterocycles. The lowest BCUT2D eigenvalue weighted by atomic mass is 9.94. The Kier molecular flexibility index (Phi) is 6.57. The molecule has 2 fully saturated rings. The maximum atomic E-state index is 13.1. The van der Waals surface area contributed by atoms with E-state index >= 15 is 0 Å². The second-order valence-corrected chi connectivity index (χ2v) is 7.00. The first-order chi connectivity index (χ1) is 12.6. The van der Waals surface area contributed by atoms with E-state index < -0.39 is 17.6 Å². The van der Waals surface area contributed by atoms with Crippen molar-refractivity contribution >= 4 is 17.5 Å². The second kappa shape index (κ2) is 9.09. The van der Waals surface area contributed by atoms with Crippen LogP contribution in [-0.4, -0.2) is 55.6 Å². The van der Waals surface area contributed by atoms with E-state index in [2.05, 4.69) is 15.5 Å². The highest BCUT2D eigenvalue weighted by molar-refractivity contribution is 6.39. The third-order valence-corrected chi connectivity index (χ3v) is 5.20. The minimum absolute atomic E-state index is 0.273. The first-order valence-corrected chi connectivity index (χ1v) is 9.28. The highest BCUT2D eigenvalue weighted by Crippen LogP contribution is 2.22. The van der Waals surface area contributed by atoms with Gasteiger partial charge in [0.25, 0.3) is 0 Å². The molecule has 0 bridgehead atoms. The van der Waals surface area contributed by atoms with Gasteiger partial charge in [-0.3, -0.25) is 9.59 Å². The zero-order valence-corrected chi connectivity index (χ0v) is 14.9. The lowest BCUT2D eigenvalue weighted by Gasteiger charge is -2.39. The van der Waals surface area contributed by atoms with E-state index in [1.54, 1.807) is 6.07 Å². The minimum atomic E-state index is -0.768. The summed E-state index contributed by atoms with van der Waals surface area (Å²) in [5, 5.41) is 5.11. The molecular formula is C19H26FN3O3. The number of hydrogen-bond donors (Lipinski definition) is 2. The summed E-state index contributed by atoms with van der Waals surface area (Å²) in [6.07, 6.45) is 4.23. The van der Waals surface area contributed by atoms with Crippen LogP contribution in [0, 0.1) is 11.7 Å². The number of anilines is 1. The molecule has 1 aromatic carbocycles. The molecule has 0 atom stereocenters. The summed E-state index contributed by atoms with van der Waals surface area (Å²) in [5.74, 6) is -1.52. The zero-order chi connectivity index (χ0) is 18.4. The quantitative estimate of drug-likeness (QED) is 0.800. The van der Waals surface area contributed by atoms with Gasteiger partial charge < -0.3 is 20.3 Å². The Morgan fingerprint density at radius 2 is 1.85 bits per heavy atom. The Labute approximate surface area is 153 Å². The monoisotopic (exact) mass is 363 g/mol. The van der Waals surface area contributed by atoms with Crippen molar-refractivity contribution in [1.29, 1.82) is 0 Å². The molecule has 2 aliphatic heterocycles. The Hall–Kier alpha value is -1.99. The van der Waals surface area contributed by atoms with Crippen LogP contribution in [0.15, 0.2) is 24.3 Å². The normalized spacial score (nSPS) is 19.9. The number of benzene rings is 1. The maximum absolute atomic E-state index is 13.1. The minimum Gasteiger partial charge on any atom is -0.381 e. The maximum Gasteiger partial charge on any atom is 0.313 e. The van der Waals surface area contributed by atoms with Crippen LogP contribution < -0.4 is 10.6 Å². The molecule has 0 saturated carbocycles. The molecule has 0 spiro atoms. The van der Waals surface area contributed by atoms with Crippen molar-refractivity contribution in [3.63, 3.8) is 0 Å². The molecule has 2 N–H and O–H groups in total. The summed E-state index contributed by atoms with van der Waals surface area (Å²) < 4.78 is 18.5. The average molecular weight is 363 g/mol. The van der Waals surface area contributed by atoms with Crippen LogP contribution in [0.1, 0.15) is 25.7 Å². The highest BCUT2D eigenvalue weighted by Gasteiger charge is 2.27. The Balaban J connectivity index is 1.37. The van der Waals surface area contributed by atoms with Gasteiger partial charge in [-0.1, -0.05) is 6.07 Å². The fourth-order valence-corrected chi connectivity index (χ4v) is 3.64. The molecule has 26 heavy (non-hydrogen) atoms. The summed E-state index contributed by atoms with van der Waals surface area (Å²) in [7, 11) is 0. The van der Waals surface area contributed by atoms with Crippen LogP contribution >= 0.6 is 0 Å². The summed E-state index contributed by atoms with van der Waals surface area (Å²) in [6.45, 7) is 4.25. The van der Waals surface area contributed by atoms with Crippen LogP contribution in [0.5, 0.6) is 0 Å². The summed E-state index contributed by atoms with van der Waals surface area (Å²) in [5.41, 5.74) is 0.273. The number of carbonyl (C=O) groups is 2. The fraction of sp³-hybridized carbons (Fsp3) is 0.579. The molecule has 3 rings (SSSR count). The van der Waals surface area contributed by atoms with Gasteiger partial charge in [-0.05, 0) is 62.9 Å². The topological polar surface area (TPSA) is 70.7 Å². The highest BCUT2D eigenvalue weighted by atomic mass is 19.1. The number of nitrogens with one attached hydrogen (secondary N) is 2. The van der Waals surface area contributed by atoms with Crippen molar-refractivity contribution in [2.75, 3.05) is 38.2 Å². The largest absolute Gasteiger partial charge is 0.381 e. The molecule has 2 amide bonds. The summed E-state index contributed by atoms with van der Waals surface area (Å²) >= 11 is 0. The molecule has 0 aliphatic carbocycles. The number of likely N-dealkylation sites (tertiary alicyclic amines) is 1. The number of carbonyl (C=O) groups excluding carboxylic acids is 2. The van der Waals surface area contributed by atoms with Gasteiger partial charge in [0.1, 0.15) is 5.82 Å². The van der Waals surface area contributed by atoms with Gasteiger partial charge in [-0.2, -0.15) is 0 Å². The summed E-state index contributed by atoms with van der Waals surface area (Å²) in [4.78, 5) is 26.4. The molecule has 2 heterocycles. The van der Waals surface area contributed by atoms with Gasteiger partial charge in [-0.15, -0.1) is 0 Å². The predicted molar refractivity (Wildman–Crippen MR) is 96.2 cm³/mol. The van der Waals surface area contributed by atoms with Crippen molar-refractivity contribution < 1.29 is 18.7 Å². The molecule has 2 saturated heterocycles. The number of nitrogens with zero attached hydrogens (tertiary/aromatic N) is 1. The Bertz CT molecular complexity index is 626. The van der Waals surface area contributed by atoms with Gasteiger partial charge in [0.05, 0.1) is 0 Å². The number of amides is 2. The van der Waals surface area contributed by atoms with Crippen LogP contribution in [0.2, 0.25) is 0 Å². The van der Waals surface area contributed by atoms with Crippen LogP contribution in [0.4, 0.5) is 10.1 Å². The molecule has 6 nitrogen and oxygen atoms in total. The van der Waals surface area contributed by atoms with E-state index in [0.717, 1.165) is 52.0 Å². The van der Waals surface area contributed by atoms with E-state index in [9.17, 15) is 14.0 Å². The Morgan fingerprint density at radius 3 is 2.54 bits per heavy atom. The van der Waals surface area contributed by atoms with Gasteiger partial charge >= 0.3 is 11.8 Å². The summed E-state index contributed by atoms with van der Waals surface area (Å²) in [6, 6.07) is 6.10. The van der Waals surface area contributed by atoms with Gasteiger partial charge in [0, 0.05) is 31.5 Å². The molecule has 0 radical (unpaired) electrons. The van der Waals surface area contributed by atoms with E-state index in [0.29, 0.717) is 18.5 Å². The number of rotatable bonds is 4. The van der Waals surface area contributed by atoms with Crippen molar-refractivity contribution in [2.24, 2.45) is 5.92 Å². The zero-order valence-electron chi connectivity index (χ0n) is 14.9. The SMILES string of the molecule is O=C(NCC1CCN(C2CCOCC2)CC1)C(=O)Nc1cccc(F)c1. The van der Waals surface area contributed by atoms with E-state index in [1.165, 1.54) is 18.2 Å². The molecule has 2 aliphatic rings. The van der Waals surface area contributed by atoms with Gasteiger partial charge in [0.2, 0.25) is 0 Å². The van der Waals surface area contributed by atoms with E-state index in [1.807, 2.05) is 0 Å². The van der Waals surface area contributed by atoms with Crippen LogP contribution in [-0.2, 0) is 14.3 Å². The standard InChI is InChI=1S/C19H26FN3O3/c20-15-2-1-3-16(12-15)22-19(25)18(24)21-13-14-4-8-23(9-5-14)17-6-10-26-11-7-17/h1-3,12,14,17H,4-11,13H2,(H,21,24)(H,22,25). The molecule has 1 aromatic rings. The van der Waals surface area contributed by atoms with Crippen molar-refractivity contribution in [1.82, 2.24) is 10.2 Å². The van der Waals surface area contributed by atoms with Crippen LogP contribution in [0.3, 0.4) is 0 Å². The third-order valence-electron chi connectivity index (χ3n) is 5.20. The lowest BCUT2D eigenvalue weighted by molar-refractivity contribution is -0.136. The van der Waals surface area contributed by atoms with E-state index in [-0.39, 0.29) is 5.69 Å². The first-order valence-electron chi connectivity index (χ1n) is 9.28. The third kappa shape index (κ3) is 5.25. The number of piperidine rings is 1. The van der Waals surface area contributed by atoms with Crippen LogP contribution in [0.25, 0.3) is 0 Å². The molecular weight excluding hydrogens is 337 g/mol.